The highest BCUT2D eigenvalue weighted by Crippen LogP contribution is 2.16. The van der Waals surface area contributed by atoms with Crippen molar-refractivity contribution in [1.29, 1.82) is 0 Å². The van der Waals surface area contributed by atoms with Crippen LogP contribution in [0.3, 0.4) is 0 Å². The molecule has 6 heteroatoms. The Labute approximate surface area is 148 Å². The molecule has 0 bridgehead atoms. The van der Waals surface area contributed by atoms with Crippen LogP contribution in [0.2, 0.25) is 0 Å². The maximum absolute atomic E-state index is 5.99. The average molecular weight is 421 g/mol. The third-order valence-electron chi connectivity index (χ3n) is 3.16. The molecule has 1 aromatic rings. The maximum Gasteiger partial charge on any atom is 0.191 e. The van der Waals surface area contributed by atoms with Crippen LogP contribution in [0.1, 0.15) is 11.1 Å². The molecule has 1 heterocycles. The van der Waals surface area contributed by atoms with E-state index in [9.17, 15) is 0 Å². The monoisotopic (exact) mass is 421 g/mol. The zero-order valence-corrected chi connectivity index (χ0v) is 15.8. The lowest BCUT2D eigenvalue weighted by Crippen LogP contribution is -2.42. The molecule has 1 saturated heterocycles. The maximum atomic E-state index is 5.99. The second-order valence-corrected chi connectivity index (χ2v) is 6.24. The molecule has 1 fully saturated rings. The number of rotatable bonds is 4. The summed E-state index contributed by atoms with van der Waals surface area (Å²) in [4.78, 5) is 6.54. The molecule has 0 radical (unpaired) electrons. The Morgan fingerprint density at radius 1 is 1.24 bits per heavy atom. The summed E-state index contributed by atoms with van der Waals surface area (Å²) in [5.41, 5.74) is 8.42. The molecule has 4 nitrogen and oxygen atoms in total. The molecule has 0 spiro atoms. The van der Waals surface area contributed by atoms with Gasteiger partial charge in [-0.15, -0.1) is 24.0 Å². The van der Waals surface area contributed by atoms with E-state index in [1.54, 1.807) is 0 Å². The van der Waals surface area contributed by atoms with Gasteiger partial charge in [-0.1, -0.05) is 6.07 Å². The van der Waals surface area contributed by atoms with Crippen molar-refractivity contribution < 1.29 is 4.74 Å². The van der Waals surface area contributed by atoms with E-state index in [1.165, 1.54) is 11.1 Å². The first kappa shape index (κ1) is 18.4. The summed E-state index contributed by atoms with van der Waals surface area (Å²) >= 11 is 1.97. The molecule has 21 heavy (non-hydrogen) atoms. The minimum Gasteiger partial charge on any atom is -0.492 e. The lowest BCUT2D eigenvalue weighted by atomic mass is 10.1. The van der Waals surface area contributed by atoms with E-state index in [2.05, 4.69) is 29.8 Å². The molecular weight excluding hydrogens is 397 g/mol. The SMILES string of the molecule is Cc1cc(C)cc(OCCN=C(N)N2CCSCC2)c1.I. The van der Waals surface area contributed by atoms with E-state index in [4.69, 9.17) is 10.5 Å². The number of benzene rings is 1. The first-order valence-corrected chi connectivity index (χ1v) is 8.14. The summed E-state index contributed by atoms with van der Waals surface area (Å²) in [6.07, 6.45) is 0. The molecular formula is C15H24IN3OS. The van der Waals surface area contributed by atoms with Gasteiger partial charge in [0.2, 0.25) is 0 Å². The van der Waals surface area contributed by atoms with Crippen molar-refractivity contribution in [2.75, 3.05) is 37.7 Å². The summed E-state index contributed by atoms with van der Waals surface area (Å²) in [5, 5.41) is 0. The van der Waals surface area contributed by atoms with Crippen LogP contribution >= 0.6 is 35.7 Å². The second-order valence-electron chi connectivity index (χ2n) is 5.01. The lowest BCUT2D eigenvalue weighted by molar-refractivity contribution is 0.327. The lowest BCUT2D eigenvalue weighted by Gasteiger charge is -2.27. The fourth-order valence-electron chi connectivity index (χ4n) is 2.23. The quantitative estimate of drug-likeness (QED) is 0.352. The zero-order valence-electron chi connectivity index (χ0n) is 12.7. The number of hydrogen-bond donors (Lipinski definition) is 1. The third kappa shape index (κ3) is 6.34. The van der Waals surface area contributed by atoms with E-state index in [0.717, 1.165) is 30.3 Å². The van der Waals surface area contributed by atoms with Crippen LogP contribution in [0, 0.1) is 13.8 Å². The predicted molar refractivity (Wildman–Crippen MR) is 102 cm³/mol. The average Bonchev–Trinajstić information content (AvgIpc) is 2.43. The van der Waals surface area contributed by atoms with Gasteiger partial charge in [-0.3, -0.25) is 0 Å². The van der Waals surface area contributed by atoms with Gasteiger partial charge in [0.15, 0.2) is 5.96 Å². The molecule has 1 aromatic carbocycles. The first-order valence-electron chi connectivity index (χ1n) is 6.99. The van der Waals surface area contributed by atoms with Gasteiger partial charge in [0.1, 0.15) is 12.4 Å². The fourth-order valence-corrected chi connectivity index (χ4v) is 3.14. The summed E-state index contributed by atoms with van der Waals surface area (Å²) in [7, 11) is 0. The van der Waals surface area contributed by atoms with Gasteiger partial charge in [-0.25, -0.2) is 4.99 Å². The van der Waals surface area contributed by atoms with E-state index < -0.39 is 0 Å². The Morgan fingerprint density at radius 3 is 2.48 bits per heavy atom. The summed E-state index contributed by atoms with van der Waals surface area (Å²) in [5.74, 6) is 3.82. The van der Waals surface area contributed by atoms with Gasteiger partial charge in [-0.05, 0) is 37.1 Å². The Bertz CT molecular complexity index is 456. The molecule has 1 aliphatic rings. The Balaban J connectivity index is 0.00000220. The van der Waals surface area contributed by atoms with Crippen LogP contribution in [0.5, 0.6) is 5.75 Å². The number of thioether (sulfide) groups is 1. The zero-order chi connectivity index (χ0) is 14.4. The number of aliphatic imine (C=N–C) groups is 1. The van der Waals surface area contributed by atoms with Crippen molar-refractivity contribution in [3.8, 4) is 5.75 Å². The number of nitrogens with zero attached hydrogens (tertiary/aromatic N) is 2. The van der Waals surface area contributed by atoms with Gasteiger partial charge in [0.25, 0.3) is 0 Å². The summed E-state index contributed by atoms with van der Waals surface area (Å²) < 4.78 is 5.72. The standard InChI is InChI=1S/C15H23N3OS.HI/c1-12-9-13(2)11-14(10-12)19-6-3-17-15(16)18-4-7-20-8-5-18;/h9-11H,3-8H2,1-2H3,(H2,16,17);1H. The van der Waals surface area contributed by atoms with Crippen molar-refractivity contribution in [1.82, 2.24) is 4.90 Å². The largest absolute Gasteiger partial charge is 0.492 e. The molecule has 0 aliphatic carbocycles. The number of nitrogens with two attached hydrogens (primary N) is 1. The molecule has 0 amide bonds. The third-order valence-corrected chi connectivity index (χ3v) is 4.11. The Morgan fingerprint density at radius 2 is 1.86 bits per heavy atom. The van der Waals surface area contributed by atoms with Crippen molar-refractivity contribution in [3.63, 3.8) is 0 Å². The van der Waals surface area contributed by atoms with Gasteiger partial charge in [-0.2, -0.15) is 11.8 Å². The highest BCUT2D eigenvalue weighted by atomic mass is 127. The summed E-state index contributed by atoms with van der Waals surface area (Å²) in [6, 6.07) is 6.22. The van der Waals surface area contributed by atoms with Crippen molar-refractivity contribution in [3.05, 3.63) is 29.3 Å². The molecule has 0 saturated carbocycles. The molecule has 0 unspecified atom stereocenters. The number of ether oxygens (including phenoxy) is 1. The highest BCUT2D eigenvalue weighted by molar-refractivity contribution is 14.0. The molecule has 0 atom stereocenters. The Kier molecular flexibility index (Phi) is 8.24. The van der Waals surface area contributed by atoms with Gasteiger partial charge in [0.05, 0.1) is 6.54 Å². The van der Waals surface area contributed by atoms with E-state index >= 15 is 0 Å². The van der Waals surface area contributed by atoms with Gasteiger partial charge in [0, 0.05) is 24.6 Å². The molecule has 0 aromatic heterocycles. The number of hydrogen-bond acceptors (Lipinski definition) is 3. The molecule has 118 valence electrons. The molecule has 2 rings (SSSR count). The predicted octanol–water partition coefficient (Wildman–Crippen LogP) is 2.66. The van der Waals surface area contributed by atoms with Crippen molar-refractivity contribution in [2.24, 2.45) is 10.7 Å². The van der Waals surface area contributed by atoms with Gasteiger partial charge < -0.3 is 15.4 Å². The minimum absolute atomic E-state index is 0. The molecule has 1 aliphatic heterocycles. The normalized spacial score (nSPS) is 15.5. The first-order chi connectivity index (χ1) is 9.65. The fraction of sp³-hybridized carbons (Fsp3) is 0.533. The topological polar surface area (TPSA) is 50.9 Å². The summed E-state index contributed by atoms with van der Waals surface area (Å²) in [6.45, 7) is 7.30. The molecule has 2 N–H and O–H groups in total. The van der Waals surface area contributed by atoms with Crippen LogP contribution < -0.4 is 10.5 Å². The van der Waals surface area contributed by atoms with Gasteiger partial charge >= 0.3 is 0 Å². The number of aryl methyl sites for hydroxylation is 2. The van der Waals surface area contributed by atoms with Crippen LogP contribution in [0.25, 0.3) is 0 Å². The minimum atomic E-state index is 0. The van der Waals surface area contributed by atoms with Crippen LogP contribution in [0.15, 0.2) is 23.2 Å². The Hall–Kier alpha value is -0.630. The van der Waals surface area contributed by atoms with Crippen LogP contribution in [-0.2, 0) is 0 Å². The van der Waals surface area contributed by atoms with E-state index in [0.29, 0.717) is 19.1 Å². The van der Waals surface area contributed by atoms with Crippen LogP contribution in [0.4, 0.5) is 0 Å². The second kappa shape index (κ2) is 9.40. The number of guanidine groups is 1. The van der Waals surface area contributed by atoms with Crippen LogP contribution in [-0.4, -0.2) is 48.6 Å². The highest BCUT2D eigenvalue weighted by Gasteiger charge is 2.11. The van der Waals surface area contributed by atoms with E-state index in [1.807, 2.05) is 23.9 Å². The number of halogens is 1. The van der Waals surface area contributed by atoms with Crippen molar-refractivity contribution in [2.45, 2.75) is 13.8 Å². The smallest absolute Gasteiger partial charge is 0.191 e. The van der Waals surface area contributed by atoms with Crippen molar-refractivity contribution >= 4 is 41.7 Å². The van der Waals surface area contributed by atoms with E-state index in [-0.39, 0.29) is 24.0 Å².